The molecule has 1 rings (SSSR count). The fraction of sp³-hybridized carbons (Fsp3) is 0.700. The summed E-state index contributed by atoms with van der Waals surface area (Å²) < 4.78 is 1.85. The molecule has 0 fully saturated rings. The second kappa shape index (κ2) is 5.52. The fourth-order valence-corrected chi connectivity index (χ4v) is 1.31. The van der Waals surface area contributed by atoms with E-state index in [1.807, 2.05) is 10.9 Å². The first-order valence-corrected chi connectivity index (χ1v) is 5.11. The normalized spacial score (nSPS) is 10.4. The Morgan fingerprint density at radius 2 is 2.36 bits per heavy atom. The van der Waals surface area contributed by atoms with Gasteiger partial charge in [0, 0.05) is 19.2 Å². The number of carbonyl (C=O) groups is 1. The van der Waals surface area contributed by atoms with Crippen LogP contribution in [0.15, 0.2) is 6.20 Å². The van der Waals surface area contributed by atoms with Crippen molar-refractivity contribution in [3.05, 3.63) is 11.9 Å². The SMILES string of the molecule is CCCn1cc(CCCC(C)=O)nn1. The van der Waals surface area contributed by atoms with Crippen LogP contribution in [0.5, 0.6) is 0 Å². The topological polar surface area (TPSA) is 47.8 Å². The molecule has 78 valence electrons. The summed E-state index contributed by atoms with van der Waals surface area (Å²) >= 11 is 0. The van der Waals surface area contributed by atoms with E-state index in [1.165, 1.54) is 0 Å². The van der Waals surface area contributed by atoms with Crippen LogP contribution in [-0.2, 0) is 17.8 Å². The molecule has 0 unspecified atom stereocenters. The van der Waals surface area contributed by atoms with Crippen molar-refractivity contribution in [3.63, 3.8) is 0 Å². The van der Waals surface area contributed by atoms with Gasteiger partial charge >= 0.3 is 0 Å². The summed E-state index contributed by atoms with van der Waals surface area (Å²) in [6.07, 6.45) is 5.39. The van der Waals surface area contributed by atoms with Crippen molar-refractivity contribution in [2.24, 2.45) is 0 Å². The van der Waals surface area contributed by atoms with Crippen molar-refractivity contribution >= 4 is 5.78 Å². The van der Waals surface area contributed by atoms with Crippen LogP contribution < -0.4 is 0 Å². The van der Waals surface area contributed by atoms with Crippen LogP contribution in [0.2, 0.25) is 0 Å². The number of rotatable bonds is 6. The van der Waals surface area contributed by atoms with Gasteiger partial charge in [-0.3, -0.25) is 4.68 Å². The summed E-state index contributed by atoms with van der Waals surface area (Å²) in [5.41, 5.74) is 0.986. The van der Waals surface area contributed by atoms with Crippen molar-refractivity contribution < 1.29 is 4.79 Å². The summed E-state index contributed by atoms with van der Waals surface area (Å²) in [6.45, 7) is 4.64. The van der Waals surface area contributed by atoms with Gasteiger partial charge in [-0.25, -0.2) is 0 Å². The number of hydrogen-bond donors (Lipinski definition) is 0. The first-order valence-electron chi connectivity index (χ1n) is 5.11. The standard InChI is InChI=1S/C10H17N3O/c1-3-7-13-8-10(11-12-13)6-4-5-9(2)14/h8H,3-7H2,1-2H3. The van der Waals surface area contributed by atoms with E-state index in [1.54, 1.807) is 6.92 Å². The van der Waals surface area contributed by atoms with Gasteiger partial charge < -0.3 is 4.79 Å². The van der Waals surface area contributed by atoms with Gasteiger partial charge in [0.25, 0.3) is 0 Å². The molecule has 4 nitrogen and oxygen atoms in total. The molecule has 0 amide bonds. The van der Waals surface area contributed by atoms with Gasteiger partial charge in [-0.05, 0) is 26.2 Å². The average Bonchev–Trinajstić information content (AvgIpc) is 2.53. The molecule has 0 aromatic carbocycles. The Bertz CT molecular complexity index is 293. The quantitative estimate of drug-likeness (QED) is 0.692. The second-order valence-electron chi connectivity index (χ2n) is 3.53. The van der Waals surface area contributed by atoms with Crippen molar-refractivity contribution in [2.75, 3.05) is 0 Å². The van der Waals surface area contributed by atoms with Gasteiger partial charge in [-0.1, -0.05) is 12.1 Å². The summed E-state index contributed by atoms with van der Waals surface area (Å²) in [6, 6.07) is 0. The molecule has 4 heteroatoms. The van der Waals surface area contributed by atoms with Crippen LogP contribution >= 0.6 is 0 Å². The molecule has 0 bridgehead atoms. The highest BCUT2D eigenvalue weighted by molar-refractivity contribution is 5.75. The Morgan fingerprint density at radius 3 is 3.00 bits per heavy atom. The minimum absolute atomic E-state index is 0.242. The highest BCUT2D eigenvalue weighted by Crippen LogP contribution is 2.01. The zero-order chi connectivity index (χ0) is 10.4. The smallest absolute Gasteiger partial charge is 0.129 e. The summed E-state index contributed by atoms with van der Waals surface area (Å²) in [4.78, 5) is 10.7. The van der Waals surface area contributed by atoms with E-state index in [9.17, 15) is 4.79 Å². The Balaban J connectivity index is 2.32. The Hall–Kier alpha value is -1.19. The largest absolute Gasteiger partial charge is 0.300 e. The van der Waals surface area contributed by atoms with Gasteiger partial charge in [-0.15, -0.1) is 5.10 Å². The minimum Gasteiger partial charge on any atom is -0.300 e. The average molecular weight is 195 g/mol. The van der Waals surface area contributed by atoms with E-state index in [0.29, 0.717) is 6.42 Å². The van der Waals surface area contributed by atoms with Gasteiger partial charge in [0.15, 0.2) is 0 Å². The van der Waals surface area contributed by atoms with E-state index in [-0.39, 0.29) is 5.78 Å². The number of hydrogen-bond acceptors (Lipinski definition) is 3. The minimum atomic E-state index is 0.242. The molecule has 14 heavy (non-hydrogen) atoms. The molecule has 0 aliphatic carbocycles. The first kappa shape index (κ1) is 10.9. The number of carbonyl (C=O) groups excluding carboxylic acids is 1. The van der Waals surface area contributed by atoms with Crippen LogP contribution in [0.3, 0.4) is 0 Å². The number of nitrogens with zero attached hydrogens (tertiary/aromatic N) is 3. The van der Waals surface area contributed by atoms with E-state index in [4.69, 9.17) is 0 Å². The fourth-order valence-electron chi connectivity index (χ4n) is 1.31. The lowest BCUT2D eigenvalue weighted by Crippen LogP contribution is -1.96. The number of Topliss-reactive ketones (excluding diaryl/α,β-unsaturated/α-hetero) is 1. The van der Waals surface area contributed by atoms with Gasteiger partial charge in [-0.2, -0.15) is 0 Å². The highest BCUT2D eigenvalue weighted by atomic mass is 16.1. The number of aryl methyl sites for hydroxylation is 2. The van der Waals surface area contributed by atoms with E-state index in [2.05, 4.69) is 17.2 Å². The molecule has 0 saturated carbocycles. The lowest BCUT2D eigenvalue weighted by Gasteiger charge is -1.94. The summed E-state index contributed by atoms with van der Waals surface area (Å²) in [7, 11) is 0. The lowest BCUT2D eigenvalue weighted by molar-refractivity contribution is -0.117. The van der Waals surface area contributed by atoms with Crippen LogP contribution in [0, 0.1) is 0 Å². The molecule has 1 aromatic rings. The van der Waals surface area contributed by atoms with Crippen molar-refractivity contribution in [2.45, 2.75) is 46.1 Å². The van der Waals surface area contributed by atoms with Crippen molar-refractivity contribution in [1.29, 1.82) is 0 Å². The van der Waals surface area contributed by atoms with Gasteiger partial charge in [0.2, 0.25) is 0 Å². The third-order valence-electron chi connectivity index (χ3n) is 2.00. The van der Waals surface area contributed by atoms with Crippen molar-refractivity contribution in [1.82, 2.24) is 15.0 Å². The lowest BCUT2D eigenvalue weighted by atomic mass is 10.1. The van der Waals surface area contributed by atoms with Gasteiger partial charge in [0.05, 0.1) is 5.69 Å². The van der Waals surface area contributed by atoms with Crippen LogP contribution in [0.25, 0.3) is 0 Å². The Labute approximate surface area is 84.3 Å². The monoisotopic (exact) mass is 195 g/mol. The zero-order valence-corrected chi connectivity index (χ0v) is 8.86. The molecule has 0 radical (unpaired) electrons. The first-order chi connectivity index (χ1) is 6.72. The number of ketones is 1. The predicted octanol–water partition coefficient (Wildman–Crippen LogP) is 1.60. The predicted molar refractivity (Wildman–Crippen MR) is 53.9 cm³/mol. The van der Waals surface area contributed by atoms with Crippen LogP contribution in [0.1, 0.15) is 38.8 Å². The van der Waals surface area contributed by atoms with Crippen molar-refractivity contribution in [3.8, 4) is 0 Å². The molecule has 1 heterocycles. The van der Waals surface area contributed by atoms with E-state index < -0.39 is 0 Å². The molecule has 0 atom stereocenters. The molecule has 0 aliphatic heterocycles. The summed E-state index contributed by atoms with van der Waals surface area (Å²) in [5.74, 6) is 0.242. The highest BCUT2D eigenvalue weighted by Gasteiger charge is 2.00. The molecule has 0 spiro atoms. The zero-order valence-electron chi connectivity index (χ0n) is 8.86. The second-order valence-corrected chi connectivity index (χ2v) is 3.53. The third kappa shape index (κ3) is 3.68. The Morgan fingerprint density at radius 1 is 1.57 bits per heavy atom. The maximum Gasteiger partial charge on any atom is 0.129 e. The molecule has 0 aliphatic rings. The maximum absolute atomic E-state index is 10.7. The molecule has 0 N–H and O–H groups in total. The van der Waals surface area contributed by atoms with E-state index >= 15 is 0 Å². The maximum atomic E-state index is 10.7. The Kier molecular flexibility index (Phi) is 4.29. The molecule has 0 saturated heterocycles. The van der Waals surface area contributed by atoms with E-state index in [0.717, 1.165) is 31.5 Å². The van der Waals surface area contributed by atoms with Crippen LogP contribution in [-0.4, -0.2) is 20.8 Å². The number of aromatic nitrogens is 3. The molecular formula is C10H17N3O. The molecular weight excluding hydrogens is 178 g/mol. The van der Waals surface area contributed by atoms with Crippen LogP contribution in [0.4, 0.5) is 0 Å². The summed E-state index contributed by atoms with van der Waals surface area (Å²) in [5, 5.41) is 8.02. The molecule has 1 aromatic heterocycles. The van der Waals surface area contributed by atoms with Gasteiger partial charge in [0.1, 0.15) is 5.78 Å². The third-order valence-corrected chi connectivity index (χ3v) is 2.00.